The Kier molecular flexibility index (Phi) is 4.05. The third kappa shape index (κ3) is 3.55. The molecule has 2 N–H and O–H groups in total. The van der Waals surface area contributed by atoms with Gasteiger partial charge in [-0.15, -0.1) is 0 Å². The van der Waals surface area contributed by atoms with Gasteiger partial charge in [0.15, 0.2) is 0 Å². The zero-order valence-corrected chi connectivity index (χ0v) is 8.51. The summed E-state index contributed by atoms with van der Waals surface area (Å²) in [4.78, 5) is 22.6. The Morgan fingerprint density at radius 3 is 2.93 bits per heavy atom. The quantitative estimate of drug-likeness (QED) is 0.693. The van der Waals surface area contributed by atoms with E-state index in [1.165, 1.54) is 10.6 Å². The molecule has 0 fully saturated rings. The van der Waals surface area contributed by atoms with Crippen LogP contribution in [-0.4, -0.2) is 28.2 Å². The summed E-state index contributed by atoms with van der Waals surface area (Å²) >= 11 is 0. The molecule has 0 aliphatic rings. The van der Waals surface area contributed by atoms with Gasteiger partial charge in [0.05, 0.1) is 6.61 Å². The summed E-state index contributed by atoms with van der Waals surface area (Å²) in [5.41, 5.74) is -0.218. The van der Waals surface area contributed by atoms with Crippen molar-refractivity contribution in [2.75, 3.05) is 6.61 Å². The molecule has 0 saturated carbocycles. The van der Waals surface area contributed by atoms with Gasteiger partial charge in [-0.3, -0.25) is 9.59 Å². The van der Waals surface area contributed by atoms with E-state index >= 15 is 0 Å². The molecule has 0 radical (unpaired) electrons. The Labute approximate surface area is 87.4 Å². The minimum absolute atomic E-state index is 0.0238. The van der Waals surface area contributed by atoms with Crippen LogP contribution < -0.4 is 10.9 Å². The molecule has 0 aliphatic carbocycles. The van der Waals surface area contributed by atoms with Crippen LogP contribution in [0.5, 0.6) is 0 Å². The SMILES string of the molecule is CC(CO)NC(=O)Cn1ccccc1=O. The lowest BCUT2D eigenvalue weighted by Crippen LogP contribution is -2.38. The molecule has 15 heavy (non-hydrogen) atoms. The molecule has 0 bridgehead atoms. The average molecular weight is 210 g/mol. The number of hydrogen-bond acceptors (Lipinski definition) is 3. The number of nitrogens with one attached hydrogen (secondary N) is 1. The molecule has 1 atom stereocenters. The van der Waals surface area contributed by atoms with E-state index in [1.54, 1.807) is 25.3 Å². The number of amides is 1. The van der Waals surface area contributed by atoms with E-state index in [-0.39, 0.29) is 30.7 Å². The Morgan fingerprint density at radius 1 is 1.60 bits per heavy atom. The fourth-order valence-corrected chi connectivity index (χ4v) is 1.11. The number of nitrogens with zero attached hydrogens (tertiary/aromatic N) is 1. The van der Waals surface area contributed by atoms with Gasteiger partial charge in [0.25, 0.3) is 5.56 Å². The van der Waals surface area contributed by atoms with Crippen molar-refractivity contribution in [2.24, 2.45) is 0 Å². The van der Waals surface area contributed by atoms with Gasteiger partial charge in [-0.05, 0) is 13.0 Å². The number of carbonyl (C=O) groups is 1. The van der Waals surface area contributed by atoms with E-state index < -0.39 is 0 Å². The monoisotopic (exact) mass is 210 g/mol. The average Bonchev–Trinajstić information content (AvgIpc) is 2.21. The Balaban J connectivity index is 2.59. The predicted octanol–water partition coefficient (Wildman–Crippen LogP) is -0.655. The highest BCUT2D eigenvalue weighted by molar-refractivity contribution is 5.75. The maximum absolute atomic E-state index is 11.4. The largest absolute Gasteiger partial charge is 0.394 e. The molecule has 0 saturated heterocycles. The van der Waals surface area contributed by atoms with Crippen LogP contribution in [0.25, 0.3) is 0 Å². The van der Waals surface area contributed by atoms with Crippen molar-refractivity contribution in [1.82, 2.24) is 9.88 Å². The maximum atomic E-state index is 11.4. The summed E-state index contributed by atoms with van der Waals surface area (Å²) in [5.74, 6) is -0.287. The van der Waals surface area contributed by atoms with Crippen molar-refractivity contribution in [2.45, 2.75) is 19.5 Å². The highest BCUT2D eigenvalue weighted by atomic mass is 16.3. The zero-order chi connectivity index (χ0) is 11.3. The van der Waals surface area contributed by atoms with Gasteiger partial charge < -0.3 is 15.0 Å². The minimum atomic E-state index is -0.295. The molecule has 1 unspecified atom stereocenters. The van der Waals surface area contributed by atoms with Crippen molar-refractivity contribution in [1.29, 1.82) is 0 Å². The Bertz CT molecular complexity index is 386. The summed E-state index contributed by atoms with van der Waals surface area (Å²) < 4.78 is 1.30. The fraction of sp³-hybridized carbons (Fsp3) is 0.400. The predicted molar refractivity (Wildman–Crippen MR) is 55.4 cm³/mol. The molecular weight excluding hydrogens is 196 g/mol. The second-order valence-electron chi connectivity index (χ2n) is 3.32. The van der Waals surface area contributed by atoms with Crippen molar-refractivity contribution >= 4 is 5.91 Å². The number of pyridine rings is 1. The van der Waals surface area contributed by atoms with Gasteiger partial charge in [-0.2, -0.15) is 0 Å². The number of hydrogen-bond donors (Lipinski definition) is 2. The van der Waals surface area contributed by atoms with Crippen LogP contribution >= 0.6 is 0 Å². The first kappa shape index (κ1) is 11.5. The van der Waals surface area contributed by atoms with E-state index in [1.807, 2.05) is 0 Å². The zero-order valence-electron chi connectivity index (χ0n) is 8.51. The first-order valence-corrected chi connectivity index (χ1v) is 4.69. The van der Waals surface area contributed by atoms with Crippen LogP contribution in [0.3, 0.4) is 0 Å². The van der Waals surface area contributed by atoms with E-state index in [0.29, 0.717) is 0 Å². The lowest BCUT2D eigenvalue weighted by atomic mass is 10.3. The molecule has 1 heterocycles. The highest BCUT2D eigenvalue weighted by Gasteiger charge is 2.06. The van der Waals surface area contributed by atoms with Gasteiger partial charge in [-0.1, -0.05) is 6.07 Å². The second kappa shape index (κ2) is 5.31. The van der Waals surface area contributed by atoms with Crippen LogP contribution in [0.2, 0.25) is 0 Å². The molecule has 82 valence electrons. The van der Waals surface area contributed by atoms with E-state index in [4.69, 9.17) is 5.11 Å². The summed E-state index contributed by atoms with van der Waals surface area (Å²) in [5, 5.41) is 11.3. The Hall–Kier alpha value is -1.62. The summed E-state index contributed by atoms with van der Waals surface area (Å²) in [6.45, 7) is 1.55. The minimum Gasteiger partial charge on any atom is -0.394 e. The fourth-order valence-electron chi connectivity index (χ4n) is 1.11. The van der Waals surface area contributed by atoms with Crippen LogP contribution in [-0.2, 0) is 11.3 Å². The molecule has 0 aromatic carbocycles. The molecular formula is C10H14N2O3. The third-order valence-electron chi connectivity index (χ3n) is 1.89. The second-order valence-corrected chi connectivity index (χ2v) is 3.32. The van der Waals surface area contributed by atoms with Crippen molar-refractivity contribution in [3.63, 3.8) is 0 Å². The van der Waals surface area contributed by atoms with Gasteiger partial charge in [-0.25, -0.2) is 0 Å². The Morgan fingerprint density at radius 2 is 2.33 bits per heavy atom. The van der Waals surface area contributed by atoms with E-state index in [9.17, 15) is 9.59 Å². The standard InChI is InChI=1S/C10H14N2O3/c1-8(7-13)11-9(14)6-12-5-3-2-4-10(12)15/h2-5,8,13H,6-7H2,1H3,(H,11,14). The van der Waals surface area contributed by atoms with Gasteiger partial charge in [0.2, 0.25) is 5.91 Å². The lowest BCUT2D eigenvalue weighted by Gasteiger charge is -2.11. The summed E-state index contributed by atoms with van der Waals surface area (Å²) in [7, 11) is 0. The molecule has 1 rings (SSSR count). The van der Waals surface area contributed by atoms with E-state index in [2.05, 4.69) is 5.32 Å². The molecule has 1 amide bonds. The summed E-state index contributed by atoms with van der Waals surface area (Å²) in [6, 6.07) is 4.40. The highest BCUT2D eigenvalue weighted by Crippen LogP contribution is 1.84. The lowest BCUT2D eigenvalue weighted by molar-refractivity contribution is -0.122. The number of aliphatic hydroxyl groups excluding tert-OH is 1. The van der Waals surface area contributed by atoms with Crippen LogP contribution in [0.1, 0.15) is 6.92 Å². The molecule has 1 aromatic rings. The number of carbonyl (C=O) groups excluding carboxylic acids is 1. The molecule has 5 nitrogen and oxygen atoms in total. The van der Waals surface area contributed by atoms with Crippen molar-refractivity contribution < 1.29 is 9.90 Å². The number of aromatic nitrogens is 1. The molecule has 0 aliphatic heterocycles. The van der Waals surface area contributed by atoms with Crippen LogP contribution in [0, 0.1) is 0 Å². The molecule has 0 spiro atoms. The maximum Gasteiger partial charge on any atom is 0.250 e. The normalized spacial score (nSPS) is 12.1. The topological polar surface area (TPSA) is 71.3 Å². The smallest absolute Gasteiger partial charge is 0.250 e. The van der Waals surface area contributed by atoms with Gasteiger partial charge >= 0.3 is 0 Å². The first-order chi connectivity index (χ1) is 7.13. The number of rotatable bonds is 4. The molecule has 1 aromatic heterocycles. The van der Waals surface area contributed by atoms with Crippen molar-refractivity contribution in [3.8, 4) is 0 Å². The van der Waals surface area contributed by atoms with Crippen molar-refractivity contribution in [3.05, 3.63) is 34.7 Å². The third-order valence-corrected chi connectivity index (χ3v) is 1.89. The number of aliphatic hydroxyl groups is 1. The van der Waals surface area contributed by atoms with Gasteiger partial charge in [0.1, 0.15) is 6.54 Å². The molecule has 5 heteroatoms. The van der Waals surface area contributed by atoms with Crippen LogP contribution in [0.4, 0.5) is 0 Å². The van der Waals surface area contributed by atoms with Crippen LogP contribution in [0.15, 0.2) is 29.2 Å². The first-order valence-electron chi connectivity index (χ1n) is 4.69. The van der Waals surface area contributed by atoms with Gasteiger partial charge in [0, 0.05) is 18.3 Å². The summed E-state index contributed by atoms with van der Waals surface area (Å²) in [6.07, 6.45) is 1.55. The van der Waals surface area contributed by atoms with E-state index in [0.717, 1.165) is 0 Å².